The summed E-state index contributed by atoms with van der Waals surface area (Å²) in [4.78, 5) is 102. The standard InChI is InChI=1S/C58H73N7O14/c1-5-6-7-27-79-43-24-20-39(21-25-43)37-14-12-36(13-15-37)38-16-18-40(19-17-38)52(72)60-44-9-8-26-59-56(76)50-51(71)32(2)30-65(50)58(78)48(34(4)67)62-55(75)49(46(70)28-35-10-22-41(68)23-11-35)63-54(74)45-29-42(69)31-64(45)57(77)47(33(3)66)61-53(44)73/h10-25,32-34,42,44-51,66-71H,5-9,26-31H2,1-4H3,(H,59,76)(H,60,72)(H,61,73)(H,62,75)(H,63,74)/t32-,33?,34?,42+,44+,45-,46-,47-,48-,49-,50-,51-/m0/s1. The number of nitrogens with zero attached hydrogens (tertiary/aromatic N) is 2. The zero-order chi connectivity index (χ0) is 57.1. The molecule has 3 aliphatic rings. The molecule has 2 unspecified atom stereocenters. The first-order valence-corrected chi connectivity index (χ1v) is 27.0. The molecule has 3 heterocycles. The third-order valence-corrected chi connectivity index (χ3v) is 14.7. The molecule has 0 aromatic heterocycles. The van der Waals surface area contributed by atoms with Crippen molar-refractivity contribution in [3.05, 3.63) is 108 Å². The number of aliphatic hydroxyl groups excluding tert-OH is 5. The largest absolute Gasteiger partial charge is 0.508 e. The Hall–Kier alpha value is -7.43. The minimum absolute atomic E-state index is 0.0103. The van der Waals surface area contributed by atoms with Gasteiger partial charge in [-0.1, -0.05) is 87.4 Å². The molecule has 21 heteroatoms. The highest BCUT2D eigenvalue weighted by molar-refractivity contribution is 6.00. The Morgan fingerprint density at radius 1 is 0.684 bits per heavy atom. The fourth-order valence-corrected chi connectivity index (χ4v) is 10.2. The third-order valence-electron chi connectivity index (χ3n) is 14.7. The first-order chi connectivity index (χ1) is 37.7. The van der Waals surface area contributed by atoms with Crippen molar-refractivity contribution in [2.75, 3.05) is 26.2 Å². The molecule has 0 radical (unpaired) electrons. The summed E-state index contributed by atoms with van der Waals surface area (Å²) >= 11 is 0. The molecular weight excluding hydrogens is 1020 g/mol. The first kappa shape index (κ1) is 59.2. The Labute approximate surface area is 458 Å². The van der Waals surface area contributed by atoms with Crippen molar-refractivity contribution >= 4 is 41.4 Å². The summed E-state index contributed by atoms with van der Waals surface area (Å²) in [6, 6.07) is 18.1. The molecule has 0 bridgehead atoms. The lowest BCUT2D eigenvalue weighted by atomic mass is 9.99. The molecule has 0 spiro atoms. The molecule has 79 heavy (non-hydrogen) atoms. The number of benzene rings is 4. The van der Waals surface area contributed by atoms with Crippen LogP contribution in [-0.2, 0) is 35.2 Å². The van der Waals surface area contributed by atoms with Crippen LogP contribution in [0.5, 0.6) is 11.5 Å². The lowest BCUT2D eigenvalue weighted by Crippen LogP contribution is -2.64. The zero-order valence-electron chi connectivity index (χ0n) is 44.8. The van der Waals surface area contributed by atoms with Gasteiger partial charge in [-0.3, -0.25) is 33.6 Å². The van der Waals surface area contributed by atoms with Crippen LogP contribution in [0.1, 0.15) is 82.1 Å². The van der Waals surface area contributed by atoms with Gasteiger partial charge in [-0.25, -0.2) is 0 Å². The van der Waals surface area contributed by atoms with Gasteiger partial charge in [0, 0.05) is 44.0 Å². The number of ether oxygens (including phenoxy) is 1. The smallest absolute Gasteiger partial charge is 0.251 e. The average molecular weight is 1090 g/mol. The van der Waals surface area contributed by atoms with E-state index in [1.807, 2.05) is 48.5 Å². The van der Waals surface area contributed by atoms with Crippen LogP contribution < -0.4 is 31.3 Å². The van der Waals surface area contributed by atoms with E-state index in [-0.39, 0.29) is 50.1 Å². The second-order valence-corrected chi connectivity index (χ2v) is 20.9. The minimum Gasteiger partial charge on any atom is -0.508 e. The van der Waals surface area contributed by atoms with Crippen LogP contribution in [0.2, 0.25) is 0 Å². The summed E-state index contributed by atoms with van der Waals surface area (Å²) in [6.07, 6.45) is -5.29. The molecule has 0 aliphatic carbocycles. The van der Waals surface area contributed by atoms with Gasteiger partial charge in [0.2, 0.25) is 35.4 Å². The number of hydrogen-bond donors (Lipinski definition) is 11. The Bertz CT molecular complexity index is 2760. The van der Waals surface area contributed by atoms with Gasteiger partial charge in [0.1, 0.15) is 47.8 Å². The van der Waals surface area contributed by atoms with E-state index in [2.05, 4.69) is 33.5 Å². The molecule has 21 nitrogen and oxygen atoms in total. The van der Waals surface area contributed by atoms with Gasteiger partial charge in [-0.05, 0) is 97.3 Å². The van der Waals surface area contributed by atoms with Crippen molar-refractivity contribution in [1.29, 1.82) is 0 Å². The van der Waals surface area contributed by atoms with Crippen molar-refractivity contribution in [3.8, 4) is 33.8 Å². The maximum absolute atomic E-state index is 14.4. The maximum atomic E-state index is 14.4. The molecule has 0 saturated carbocycles. The molecule has 11 N–H and O–H groups in total. The molecule has 3 aliphatic heterocycles. The normalized spacial score (nSPS) is 25.8. The third kappa shape index (κ3) is 14.8. The summed E-state index contributed by atoms with van der Waals surface area (Å²) in [7, 11) is 0. The Kier molecular flexibility index (Phi) is 20.2. The van der Waals surface area contributed by atoms with Crippen molar-refractivity contribution in [2.45, 2.75) is 139 Å². The summed E-state index contributed by atoms with van der Waals surface area (Å²) in [5.41, 5.74) is 4.27. The van der Waals surface area contributed by atoms with Crippen LogP contribution >= 0.6 is 0 Å². The van der Waals surface area contributed by atoms with Crippen molar-refractivity contribution in [1.82, 2.24) is 36.4 Å². The average Bonchev–Trinajstić information content (AvgIpc) is 4.02. The van der Waals surface area contributed by atoms with Gasteiger partial charge in [-0.2, -0.15) is 0 Å². The lowest BCUT2D eigenvalue weighted by Gasteiger charge is -2.33. The van der Waals surface area contributed by atoms with E-state index in [0.717, 1.165) is 57.1 Å². The van der Waals surface area contributed by atoms with Crippen LogP contribution in [-0.4, -0.2) is 175 Å². The number of unbranched alkanes of at least 4 members (excludes halogenated alkanes) is 2. The van der Waals surface area contributed by atoms with Gasteiger partial charge in [-0.15, -0.1) is 0 Å². The number of carbonyl (C=O) groups is 7. The van der Waals surface area contributed by atoms with E-state index in [4.69, 9.17) is 4.74 Å². The van der Waals surface area contributed by atoms with Gasteiger partial charge < -0.3 is 71.8 Å². The molecule has 12 atom stereocenters. The van der Waals surface area contributed by atoms with Crippen LogP contribution in [0.15, 0.2) is 97.1 Å². The molecule has 4 aromatic carbocycles. The summed E-state index contributed by atoms with van der Waals surface area (Å²) in [5.74, 6) is -6.54. The monoisotopic (exact) mass is 1090 g/mol. The van der Waals surface area contributed by atoms with E-state index in [0.29, 0.717) is 12.2 Å². The van der Waals surface area contributed by atoms with Gasteiger partial charge in [0.05, 0.1) is 37.1 Å². The number of nitrogens with one attached hydrogen (secondary N) is 5. The fourth-order valence-electron chi connectivity index (χ4n) is 10.2. The summed E-state index contributed by atoms with van der Waals surface area (Å²) in [5, 5.41) is 78.4. The molecule has 424 valence electrons. The SMILES string of the molecule is CCCCCOc1ccc(-c2ccc(-c3ccc(C(=O)N[C@@H]4CCCNC(=O)[C@@H]5[C@@H](O)[C@@H](C)CN5C(=O)[C@H](C(C)O)NC(=O)[C@H]([C@@H](O)Cc5ccc(O)cc5)NC(=O)[C@@H]5C[C@@H](O)CN5C(=O)[C@H](C(C)O)NC4=O)cc3)cc2)cc1. The maximum Gasteiger partial charge on any atom is 0.251 e. The lowest BCUT2D eigenvalue weighted by molar-refractivity contribution is -0.147. The quantitative estimate of drug-likeness (QED) is 0.0794. The Morgan fingerprint density at radius 2 is 1.23 bits per heavy atom. The first-order valence-electron chi connectivity index (χ1n) is 27.0. The highest BCUT2D eigenvalue weighted by Crippen LogP contribution is 2.29. The van der Waals surface area contributed by atoms with E-state index >= 15 is 0 Å². The van der Waals surface area contributed by atoms with Gasteiger partial charge in [0.15, 0.2) is 0 Å². The molecule has 3 saturated heterocycles. The van der Waals surface area contributed by atoms with Crippen LogP contribution in [0.3, 0.4) is 0 Å². The summed E-state index contributed by atoms with van der Waals surface area (Å²) in [6.45, 7) is 6.05. The van der Waals surface area contributed by atoms with Crippen molar-refractivity contribution in [3.63, 3.8) is 0 Å². The number of phenols is 1. The summed E-state index contributed by atoms with van der Waals surface area (Å²) < 4.78 is 5.86. The number of carbonyl (C=O) groups excluding carboxylic acids is 7. The van der Waals surface area contributed by atoms with E-state index in [9.17, 15) is 64.2 Å². The highest BCUT2D eigenvalue weighted by Gasteiger charge is 2.49. The molecule has 7 rings (SSSR count). The van der Waals surface area contributed by atoms with Gasteiger partial charge in [0.25, 0.3) is 5.91 Å². The number of phenolic OH excluding ortho intramolecular Hbond substituents is 1. The number of amides is 7. The minimum atomic E-state index is -1.91. The van der Waals surface area contributed by atoms with Crippen LogP contribution in [0, 0.1) is 5.92 Å². The predicted molar refractivity (Wildman–Crippen MR) is 290 cm³/mol. The fraction of sp³-hybridized carbons (Fsp3) is 0.466. The molecule has 3 fully saturated rings. The molecular formula is C58H73N7O14. The molecule has 7 amide bonds. The van der Waals surface area contributed by atoms with E-state index in [1.165, 1.54) is 38.1 Å². The second-order valence-electron chi connectivity index (χ2n) is 20.9. The second kappa shape index (κ2) is 27.0. The van der Waals surface area contributed by atoms with Crippen LogP contribution in [0.25, 0.3) is 22.3 Å². The highest BCUT2D eigenvalue weighted by atomic mass is 16.5. The Balaban J connectivity index is 1.13. The number of aromatic hydroxyl groups is 1. The number of hydrogen-bond acceptors (Lipinski definition) is 14. The predicted octanol–water partition coefficient (Wildman–Crippen LogP) is 1.29. The number of aliphatic hydroxyl groups is 5. The Morgan fingerprint density at radius 3 is 1.81 bits per heavy atom. The number of fused-ring (bicyclic) bond motifs is 2. The van der Waals surface area contributed by atoms with Crippen molar-refractivity contribution < 1.29 is 68.9 Å². The number of rotatable bonds is 14. The van der Waals surface area contributed by atoms with E-state index < -0.39 is 121 Å². The van der Waals surface area contributed by atoms with Gasteiger partial charge >= 0.3 is 0 Å². The van der Waals surface area contributed by atoms with E-state index in [1.54, 1.807) is 31.2 Å². The topological polar surface area (TPSA) is 317 Å². The van der Waals surface area contributed by atoms with Crippen molar-refractivity contribution in [2.24, 2.45) is 5.92 Å². The molecule has 4 aromatic rings. The zero-order valence-corrected chi connectivity index (χ0v) is 44.8. The van der Waals surface area contributed by atoms with Crippen LogP contribution in [0.4, 0.5) is 0 Å².